The Morgan fingerprint density at radius 1 is 1.03 bits per heavy atom. The molecule has 180 valence electrons. The lowest BCUT2D eigenvalue weighted by atomic mass is 10.2. The Hall–Kier alpha value is -3.86. The number of alkyl halides is 3. The molecule has 0 radical (unpaired) electrons. The molecule has 35 heavy (non-hydrogen) atoms. The van der Waals surface area contributed by atoms with Gasteiger partial charge in [-0.15, -0.1) is 23.4 Å². The van der Waals surface area contributed by atoms with Crippen molar-refractivity contribution in [2.24, 2.45) is 0 Å². The first-order valence-corrected chi connectivity index (χ1v) is 11.5. The van der Waals surface area contributed by atoms with Crippen LogP contribution in [-0.2, 0) is 11.3 Å². The summed E-state index contributed by atoms with van der Waals surface area (Å²) in [6, 6.07) is 17.0. The zero-order valence-corrected chi connectivity index (χ0v) is 19.3. The summed E-state index contributed by atoms with van der Waals surface area (Å²) in [6.45, 7) is 1.85. The van der Waals surface area contributed by atoms with Gasteiger partial charge in [0, 0.05) is 30.1 Å². The highest BCUT2D eigenvalue weighted by Crippen LogP contribution is 2.29. The lowest BCUT2D eigenvalue weighted by molar-refractivity contribution is -0.274. The number of nitrogens with one attached hydrogen (secondary N) is 1. The van der Waals surface area contributed by atoms with Gasteiger partial charge in [-0.1, -0.05) is 48.2 Å². The molecule has 0 saturated heterocycles. The van der Waals surface area contributed by atoms with Gasteiger partial charge in [0.1, 0.15) is 5.75 Å². The number of hydrogen-bond acceptors (Lipinski definition) is 6. The highest BCUT2D eigenvalue weighted by molar-refractivity contribution is 7.99. The molecule has 7 nitrogen and oxygen atoms in total. The molecule has 0 aliphatic rings. The Bertz CT molecular complexity index is 1310. The van der Waals surface area contributed by atoms with Gasteiger partial charge >= 0.3 is 6.36 Å². The number of rotatable bonds is 8. The van der Waals surface area contributed by atoms with Crippen LogP contribution in [0.2, 0.25) is 0 Å². The molecule has 0 bridgehead atoms. The van der Waals surface area contributed by atoms with E-state index in [2.05, 4.69) is 25.2 Å². The summed E-state index contributed by atoms with van der Waals surface area (Å²) >= 11 is 1.17. The first-order valence-electron chi connectivity index (χ1n) is 10.5. The maximum absolute atomic E-state index is 12.6. The standard InChI is InChI=1S/C24H20F3N5O2S/c1-16-6-2-4-8-19(16)32-22(17-10-12-28-13-11-17)30-31-23(32)35-15-21(33)29-14-18-7-3-5-9-20(18)34-24(25,26)27/h2-13H,14-15H2,1H3,(H,29,33). The lowest BCUT2D eigenvalue weighted by Crippen LogP contribution is -2.26. The third-order valence-corrected chi connectivity index (χ3v) is 5.86. The van der Waals surface area contributed by atoms with Crippen LogP contribution in [0, 0.1) is 6.92 Å². The van der Waals surface area contributed by atoms with E-state index in [0.29, 0.717) is 11.0 Å². The first kappa shape index (κ1) is 24.3. The number of thioether (sulfide) groups is 1. The summed E-state index contributed by atoms with van der Waals surface area (Å²) in [4.78, 5) is 16.6. The minimum atomic E-state index is -4.82. The summed E-state index contributed by atoms with van der Waals surface area (Å²) in [5.41, 5.74) is 2.89. The van der Waals surface area contributed by atoms with Crippen molar-refractivity contribution in [3.05, 3.63) is 84.2 Å². The topological polar surface area (TPSA) is 81.9 Å². The number of hydrogen-bond donors (Lipinski definition) is 1. The van der Waals surface area contributed by atoms with Crippen molar-refractivity contribution in [1.82, 2.24) is 25.1 Å². The van der Waals surface area contributed by atoms with Gasteiger partial charge in [-0.2, -0.15) is 0 Å². The number of carbonyl (C=O) groups excluding carboxylic acids is 1. The second kappa shape index (κ2) is 10.6. The molecular weight excluding hydrogens is 479 g/mol. The van der Waals surface area contributed by atoms with E-state index in [1.807, 2.05) is 47.9 Å². The van der Waals surface area contributed by atoms with Crippen molar-refractivity contribution >= 4 is 17.7 Å². The van der Waals surface area contributed by atoms with Crippen LogP contribution in [0.1, 0.15) is 11.1 Å². The molecule has 2 aromatic carbocycles. The van der Waals surface area contributed by atoms with Crippen molar-refractivity contribution in [2.45, 2.75) is 25.0 Å². The SMILES string of the molecule is Cc1ccccc1-n1c(SCC(=O)NCc2ccccc2OC(F)(F)F)nnc1-c1ccncc1. The number of carbonyl (C=O) groups is 1. The fourth-order valence-electron chi connectivity index (χ4n) is 3.33. The molecule has 0 atom stereocenters. The number of aromatic nitrogens is 4. The molecule has 0 fully saturated rings. The third-order valence-electron chi connectivity index (χ3n) is 4.93. The number of para-hydroxylation sites is 2. The Labute approximate surface area is 203 Å². The van der Waals surface area contributed by atoms with E-state index >= 15 is 0 Å². The van der Waals surface area contributed by atoms with E-state index < -0.39 is 6.36 Å². The van der Waals surface area contributed by atoms with Crippen LogP contribution in [0.25, 0.3) is 17.1 Å². The van der Waals surface area contributed by atoms with Crippen molar-refractivity contribution < 1.29 is 22.7 Å². The highest BCUT2D eigenvalue weighted by Gasteiger charge is 2.32. The van der Waals surface area contributed by atoms with Gasteiger partial charge in [-0.25, -0.2) is 0 Å². The van der Waals surface area contributed by atoms with E-state index in [1.54, 1.807) is 18.5 Å². The molecular formula is C24H20F3N5O2S. The fraction of sp³-hybridized carbons (Fsp3) is 0.167. The molecule has 4 aromatic rings. The van der Waals surface area contributed by atoms with Crippen LogP contribution in [0.15, 0.2) is 78.2 Å². The number of aryl methyl sites for hydroxylation is 1. The fourth-order valence-corrected chi connectivity index (χ4v) is 4.11. The summed E-state index contributed by atoms with van der Waals surface area (Å²) in [5, 5.41) is 11.7. The van der Waals surface area contributed by atoms with Crippen LogP contribution in [0.5, 0.6) is 5.75 Å². The monoisotopic (exact) mass is 499 g/mol. The van der Waals surface area contributed by atoms with Crippen LogP contribution < -0.4 is 10.1 Å². The summed E-state index contributed by atoms with van der Waals surface area (Å²) in [6.07, 6.45) is -1.50. The average molecular weight is 500 g/mol. The number of pyridine rings is 1. The van der Waals surface area contributed by atoms with Crippen LogP contribution >= 0.6 is 11.8 Å². The minimum absolute atomic E-state index is 0.0113. The van der Waals surface area contributed by atoms with Gasteiger partial charge < -0.3 is 10.1 Å². The molecule has 2 heterocycles. The zero-order valence-electron chi connectivity index (χ0n) is 18.5. The smallest absolute Gasteiger partial charge is 0.405 e. The Morgan fingerprint density at radius 3 is 2.49 bits per heavy atom. The van der Waals surface area contributed by atoms with E-state index in [9.17, 15) is 18.0 Å². The maximum Gasteiger partial charge on any atom is 0.573 e. The largest absolute Gasteiger partial charge is 0.573 e. The minimum Gasteiger partial charge on any atom is -0.405 e. The van der Waals surface area contributed by atoms with E-state index in [0.717, 1.165) is 16.8 Å². The highest BCUT2D eigenvalue weighted by atomic mass is 32.2. The van der Waals surface area contributed by atoms with Crippen LogP contribution in [-0.4, -0.2) is 37.8 Å². The molecule has 11 heteroatoms. The molecule has 1 amide bonds. The molecule has 0 saturated carbocycles. The van der Waals surface area contributed by atoms with E-state index in [-0.39, 0.29) is 29.5 Å². The number of amides is 1. The normalized spacial score (nSPS) is 11.3. The second-order valence-corrected chi connectivity index (χ2v) is 8.33. The summed E-state index contributed by atoms with van der Waals surface area (Å²) in [5.74, 6) is -0.137. The van der Waals surface area contributed by atoms with Crippen molar-refractivity contribution in [3.8, 4) is 22.8 Å². The third kappa shape index (κ3) is 6.18. The number of benzene rings is 2. The van der Waals surface area contributed by atoms with Crippen molar-refractivity contribution in [3.63, 3.8) is 0 Å². The maximum atomic E-state index is 12.6. The van der Waals surface area contributed by atoms with Gasteiger partial charge in [0.2, 0.25) is 5.91 Å². The number of ether oxygens (including phenoxy) is 1. The molecule has 2 aromatic heterocycles. The predicted molar refractivity (Wildman–Crippen MR) is 125 cm³/mol. The molecule has 4 rings (SSSR count). The molecule has 1 N–H and O–H groups in total. The van der Waals surface area contributed by atoms with Gasteiger partial charge in [0.15, 0.2) is 11.0 Å². The van der Waals surface area contributed by atoms with Crippen molar-refractivity contribution in [1.29, 1.82) is 0 Å². The van der Waals surface area contributed by atoms with Gasteiger partial charge in [-0.3, -0.25) is 14.3 Å². The summed E-state index contributed by atoms with van der Waals surface area (Å²) < 4.78 is 43.8. The number of nitrogens with zero attached hydrogens (tertiary/aromatic N) is 4. The van der Waals surface area contributed by atoms with Gasteiger partial charge in [0.05, 0.1) is 11.4 Å². The Balaban J connectivity index is 1.49. The zero-order chi connectivity index (χ0) is 24.8. The first-order chi connectivity index (χ1) is 16.8. The van der Waals surface area contributed by atoms with Crippen LogP contribution in [0.3, 0.4) is 0 Å². The molecule has 0 spiro atoms. The average Bonchev–Trinajstić information content (AvgIpc) is 3.26. The Kier molecular flexibility index (Phi) is 7.35. The quantitative estimate of drug-likeness (QED) is 0.346. The van der Waals surface area contributed by atoms with E-state index in [4.69, 9.17) is 0 Å². The predicted octanol–water partition coefficient (Wildman–Crippen LogP) is 4.94. The van der Waals surface area contributed by atoms with Gasteiger partial charge in [-0.05, 0) is 36.8 Å². The molecule has 0 aliphatic heterocycles. The lowest BCUT2D eigenvalue weighted by Gasteiger charge is -2.14. The van der Waals surface area contributed by atoms with Crippen molar-refractivity contribution in [2.75, 3.05) is 5.75 Å². The van der Waals surface area contributed by atoms with Gasteiger partial charge in [0.25, 0.3) is 0 Å². The second-order valence-electron chi connectivity index (χ2n) is 7.38. The molecule has 0 aliphatic carbocycles. The van der Waals surface area contributed by atoms with Crippen LogP contribution in [0.4, 0.5) is 13.2 Å². The van der Waals surface area contributed by atoms with E-state index in [1.165, 1.54) is 30.0 Å². The Morgan fingerprint density at radius 2 is 1.74 bits per heavy atom. The molecule has 0 unspecified atom stereocenters. The summed E-state index contributed by atoms with van der Waals surface area (Å²) in [7, 11) is 0. The number of halogens is 3.